The summed E-state index contributed by atoms with van der Waals surface area (Å²) in [6, 6.07) is 7.73. The second kappa shape index (κ2) is 3.85. The Morgan fingerprint density at radius 1 is 1.55 bits per heavy atom. The van der Waals surface area contributed by atoms with E-state index in [9.17, 15) is 4.79 Å². The third-order valence-electron chi connectivity index (χ3n) is 1.49. The van der Waals surface area contributed by atoms with E-state index in [0.717, 1.165) is 9.99 Å². The number of hydrogen-bond donors (Lipinski definition) is 0. The summed E-state index contributed by atoms with van der Waals surface area (Å²) in [5, 5.41) is 0. The highest BCUT2D eigenvalue weighted by Crippen LogP contribution is 2.09. The van der Waals surface area contributed by atoms with Crippen molar-refractivity contribution in [2.24, 2.45) is 0 Å². The number of halogens is 1. The molecule has 0 aliphatic carbocycles. The molecule has 0 radical (unpaired) electrons. The van der Waals surface area contributed by atoms with Crippen LogP contribution in [0.2, 0.25) is 0 Å². The Hall–Kier alpha value is -0.380. The first-order valence-electron chi connectivity index (χ1n) is 3.40. The van der Waals surface area contributed by atoms with Gasteiger partial charge in [-0.1, -0.05) is 40.8 Å². The van der Waals surface area contributed by atoms with E-state index in [4.69, 9.17) is 0 Å². The zero-order chi connectivity index (χ0) is 8.27. The molecule has 1 aromatic rings. The van der Waals surface area contributed by atoms with Crippen LogP contribution in [0.25, 0.3) is 0 Å². The van der Waals surface area contributed by atoms with Gasteiger partial charge in [-0.05, 0) is 18.6 Å². The summed E-state index contributed by atoms with van der Waals surface area (Å²) in [5.41, 5.74) is 2.01. The van der Waals surface area contributed by atoms with Gasteiger partial charge >= 0.3 is 0 Å². The fourth-order valence-corrected chi connectivity index (χ4v) is 1.35. The quantitative estimate of drug-likeness (QED) is 0.454. The Balaban J connectivity index is 3.01. The first-order valence-corrected chi connectivity index (χ1v) is 4.92. The van der Waals surface area contributed by atoms with Gasteiger partial charge in [0.25, 0.3) is 0 Å². The smallest absolute Gasteiger partial charge is 0.159 e. The highest BCUT2D eigenvalue weighted by molar-refractivity contribution is 14.1. The van der Waals surface area contributed by atoms with Crippen molar-refractivity contribution in [1.29, 1.82) is 0 Å². The van der Waals surface area contributed by atoms with E-state index in [1.165, 1.54) is 5.56 Å². The fraction of sp³-hybridized carbons (Fsp3) is 0.222. The van der Waals surface area contributed by atoms with E-state index in [2.05, 4.69) is 22.6 Å². The molecule has 0 heterocycles. The van der Waals surface area contributed by atoms with Gasteiger partial charge in [-0.2, -0.15) is 0 Å². The molecule has 1 nitrogen and oxygen atoms in total. The minimum Gasteiger partial charge on any atom is -0.295 e. The van der Waals surface area contributed by atoms with Gasteiger partial charge in [0.2, 0.25) is 0 Å². The number of benzene rings is 1. The maximum atomic E-state index is 10.9. The average Bonchev–Trinajstić information content (AvgIpc) is 2.05. The van der Waals surface area contributed by atoms with E-state index in [1.54, 1.807) is 6.92 Å². The van der Waals surface area contributed by atoms with Crippen molar-refractivity contribution in [1.82, 2.24) is 0 Å². The van der Waals surface area contributed by atoms with Crippen molar-refractivity contribution in [3.63, 3.8) is 0 Å². The second-order valence-corrected chi connectivity index (χ2v) is 3.15. The summed E-state index contributed by atoms with van der Waals surface area (Å²) in [5.74, 6) is 0.136. The van der Waals surface area contributed by atoms with Crippen LogP contribution in [0.1, 0.15) is 22.8 Å². The molecule has 0 atom stereocenters. The molecule has 0 amide bonds. The molecule has 1 aromatic carbocycles. The van der Waals surface area contributed by atoms with Gasteiger partial charge in [0, 0.05) is 9.99 Å². The van der Waals surface area contributed by atoms with Crippen LogP contribution in [0.3, 0.4) is 0 Å². The van der Waals surface area contributed by atoms with Crippen molar-refractivity contribution in [2.45, 2.75) is 11.4 Å². The number of ketones is 1. The summed E-state index contributed by atoms with van der Waals surface area (Å²) in [7, 11) is 0. The van der Waals surface area contributed by atoms with Crippen LogP contribution in [0.5, 0.6) is 0 Å². The number of hydrogen-bond acceptors (Lipinski definition) is 1. The molecule has 1 rings (SSSR count). The predicted molar refractivity (Wildman–Crippen MR) is 54.2 cm³/mol. The van der Waals surface area contributed by atoms with Gasteiger partial charge in [-0.25, -0.2) is 0 Å². The van der Waals surface area contributed by atoms with Crippen LogP contribution < -0.4 is 0 Å². The van der Waals surface area contributed by atoms with Gasteiger partial charge in [0.1, 0.15) is 0 Å². The van der Waals surface area contributed by atoms with E-state index < -0.39 is 0 Å². The Morgan fingerprint density at radius 3 is 2.82 bits per heavy atom. The van der Waals surface area contributed by atoms with Gasteiger partial charge in [0.15, 0.2) is 5.78 Å². The lowest BCUT2D eigenvalue weighted by atomic mass is 10.1. The highest BCUT2D eigenvalue weighted by Gasteiger charge is 1.98. The molecule has 58 valence electrons. The standard InChI is InChI=1S/C9H9IO/c1-7(11)9-4-2-3-8(5-9)6-10/h2-5H,6H2,1H3. The molecule has 0 saturated heterocycles. The molecule has 0 bridgehead atoms. The molecular weight excluding hydrogens is 251 g/mol. The molecule has 0 N–H and O–H groups in total. The molecule has 0 fully saturated rings. The lowest BCUT2D eigenvalue weighted by Crippen LogP contribution is -1.91. The summed E-state index contributed by atoms with van der Waals surface area (Å²) in [4.78, 5) is 10.9. The van der Waals surface area contributed by atoms with Crippen LogP contribution in [0.4, 0.5) is 0 Å². The molecule has 0 aromatic heterocycles. The second-order valence-electron chi connectivity index (χ2n) is 2.39. The topological polar surface area (TPSA) is 17.1 Å². The Kier molecular flexibility index (Phi) is 3.05. The highest BCUT2D eigenvalue weighted by atomic mass is 127. The summed E-state index contributed by atoms with van der Waals surface area (Å²) in [6.45, 7) is 1.59. The summed E-state index contributed by atoms with van der Waals surface area (Å²) < 4.78 is 0.957. The van der Waals surface area contributed by atoms with Gasteiger partial charge < -0.3 is 0 Å². The molecule has 0 saturated carbocycles. The van der Waals surface area contributed by atoms with Crippen molar-refractivity contribution in [2.75, 3.05) is 0 Å². The molecular formula is C9H9IO. The van der Waals surface area contributed by atoms with Crippen molar-refractivity contribution in [3.05, 3.63) is 35.4 Å². The lowest BCUT2D eigenvalue weighted by molar-refractivity contribution is 0.101. The molecule has 0 aliphatic heterocycles. The Bertz CT molecular complexity index is 268. The molecule has 2 heteroatoms. The number of rotatable bonds is 2. The largest absolute Gasteiger partial charge is 0.295 e. The number of carbonyl (C=O) groups is 1. The van der Waals surface area contributed by atoms with Crippen molar-refractivity contribution in [3.8, 4) is 0 Å². The first kappa shape index (κ1) is 8.71. The summed E-state index contributed by atoms with van der Waals surface area (Å²) in [6.07, 6.45) is 0. The minimum absolute atomic E-state index is 0.136. The third-order valence-corrected chi connectivity index (χ3v) is 2.37. The van der Waals surface area contributed by atoms with Gasteiger partial charge in [-0.3, -0.25) is 4.79 Å². The zero-order valence-corrected chi connectivity index (χ0v) is 8.46. The third kappa shape index (κ3) is 2.29. The molecule has 0 aliphatic rings. The Labute approximate surface area is 79.9 Å². The first-order chi connectivity index (χ1) is 5.24. The molecule has 0 spiro atoms. The number of alkyl halides is 1. The van der Waals surface area contributed by atoms with E-state index in [0.29, 0.717) is 0 Å². The van der Waals surface area contributed by atoms with Crippen LogP contribution >= 0.6 is 22.6 Å². The van der Waals surface area contributed by atoms with Crippen LogP contribution in [0, 0.1) is 0 Å². The maximum absolute atomic E-state index is 10.9. The SMILES string of the molecule is CC(=O)c1cccc(CI)c1. The Morgan fingerprint density at radius 2 is 2.27 bits per heavy atom. The van der Waals surface area contributed by atoms with Crippen LogP contribution in [0.15, 0.2) is 24.3 Å². The van der Waals surface area contributed by atoms with Gasteiger partial charge in [-0.15, -0.1) is 0 Å². The number of carbonyl (C=O) groups excluding carboxylic acids is 1. The molecule has 11 heavy (non-hydrogen) atoms. The van der Waals surface area contributed by atoms with Crippen LogP contribution in [-0.4, -0.2) is 5.78 Å². The van der Waals surface area contributed by atoms with E-state index in [-0.39, 0.29) is 5.78 Å². The predicted octanol–water partition coefficient (Wildman–Crippen LogP) is 2.82. The number of Topliss-reactive ketones (excluding diaryl/α,β-unsaturated/α-hetero) is 1. The van der Waals surface area contributed by atoms with Gasteiger partial charge in [0.05, 0.1) is 0 Å². The van der Waals surface area contributed by atoms with E-state index in [1.807, 2.05) is 24.3 Å². The fourth-order valence-electron chi connectivity index (χ4n) is 0.873. The average molecular weight is 260 g/mol. The van der Waals surface area contributed by atoms with Crippen molar-refractivity contribution < 1.29 is 4.79 Å². The normalized spacial score (nSPS) is 9.64. The summed E-state index contributed by atoms with van der Waals surface area (Å²) >= 11 is 2.28. The maximum Gasteiger partial charge on any atom is 0.159 e. The molecule has 0 unspecified atom stereocenters. The minimum atomic E-state index is 0.136. The van der Waals surface area contributed by atoms with Crippen molar-refractivity contribution >= 4 is 28.4 Å². The lowest BCUT2D eigenvalue weighted by Gasteiger charge is -1.97. The van der Waals surface area contributed by atoms with Crippen LogP contribution in [-0.2, 0) is 4.43 Å². The zero-order valence-electron chi connectivity index (χ0n) is 6.30. The van der Waals surface area contributed by atoms with E-state index >= 15 is 0 Å². The monoisotopic (exact) mass is 260 g/mol.